The van der Waals surface area contributed by atoms with Crippen LogP contribution in [0.25, 0.3) is 0 Å². The first-order chi connectivity index (χ1) is 7.85. The van der Waals surface area contributed by atoms with Gasteiger partial charge in [-0.05, 0) is 31.2 Å². The van der Waals surface area contributed by atoms with Crippen LogP contribution in [0.5, 0.6) is 0 Å². The highest BCUT2D eigenvalue weighted by Crippen LogP contribution is 2.29. The molecule has 1 atom stereocenters. The van der Waals surface area contributed by atoms with Crippen LogP contribution in [0.2, 0.25) is 0 Å². The highest BCUT2D eigenvalue weighted by atomic mass is 32.1. The van der Waals surface area contributed by atoms with Crippen LogP contribution in [0.4, 0.5) is 0 Å². The monoisotopic (exact) mass is 239 g/mol. The lowest BCUT2D eigenvalue weighted by molar-refractivity contribution is 0.192. The third-order valence-electron chi connectivity index (χ3n) is 3.59. The second kappa shape index (κ2) is 5.75. The van der Waals surface area contributed by atoms with Gasteiger partial charge in [0.05, 0.1) is 5.51 Å². The lowest BCUT2D eigenvalue weighted by Crippen LogP contribution is -2.45. The van der Waals surface area contributed by atoms with Gasteiger partial charge < -0.3 is 10.6 Å². The van der Waals surface area contributed by atoms with Gasteiger partial charge in [-0.3, -0.25) is 4.98 Å². The molecule has 1 unspecified atom stereocenters. The van der Waals surface area contributed by atoms with Crippen molar-refractivity contribution in [1.29, 1.82) is 0 Å². The van der Waals surface area contributed by atoms with Gasteiger partial charge in [-0.15, -0.1) is 11.3 Å². The van der Waals surface area contributed by atoms with Gasteiger partial charge in [0, 0.05) is 30.7 Å². The topological polar surface area (TPSA) is 37.0 Å². The molecule has 2 N–H and O–H groups in total. The van der Waals surface area contributed by atoms with Crippen molar-refractivity contribution in [3.63, 3.8) is 0 Å². The number of aromatic nitrogens is 1. The van der Waals surface area contributed by atoms with Crippen LogP contribution in [-0.2, 0) is 6.54 Å². The average Bonchev–Trinajstić information content (AvgIpc) is 2.83. The van der Waals surface area contributed by atoms with Crippen molar-refractivity contribution >= 4 is 11.3 Å². The molecule has 2 heterocycles. The molecule has 2 rings (SSSR count). The Hall–Kier alpha value is -0.450. The zero-order valence-electron chi connectivity index (χ0n) is 9.96. The molecule has 0 amide bonds. The summed E-state index contributed by atoms with van der Waals surface area (Å²) in [5.41, 5.74) is 2.37. The second-order valence-electron chi connectivity index (χ2n) is 4.71. The predicted molar refractivity (Wildman–Crippen MR) is 68.6 cm³/mol. The normalized spacial score (nSPS) is 25.8. The van der Waals surface area contributed by atoms with Crippen LogP contribution in [-0.4, -0.2) is 24.6 Å². The van der Waals surface area contributed by atoms with Crippen molar-refractivity contribution in [3.8, 4) is 0 Å². The van der Waals surface area contributed by atoms with Crippen LogP contribution in [0.3, 0.4) is 0 Å². The van der Waals surface area contributed by atoms with Gasteiger partial charge in [0.25, 0.3) is 0 Å². The molecule has 1 aliphatic rings. The van der Waals surface area contributed by atoms with Crippen LogP contribution in [0.1, 0.15) is 31.1 Å². The highest BCUT2D eigenvalue weighted by Gasteiger charge is 2.29. The van der Waals surface area contributed by atoms with E-state index in [4.69, 9.17) is 0 Å². The third-order valence-corrected chi connectivity index (χ3v) is 4.37. The summed E-state index contributed by atoms with van der Waals surface area (Å²) < 4.78 is 0. The van der Waals surface area contributed by atoms with E-state index >= 15 is 0 Å². The fourth-order valence-electron chi connectivity index (χ4n) is 2.39. The molecule has 0 aliphatic carbocycles. The first-order valence-corrected chi connectivity index (χ1v) is 7.01. The highest BCUT2D eigenvalue weighted by molar-refractivity contribution is 7.09. The van der Waals surface area contributed by atoms with E-state index in [0.29, 0.717) is 5.41 Å². The van der Waals surface area contributed by atoms with Crippen molar-refractivity contribution in [3.05, 3.63) is 16.6 Å². The van der Waals surface area contributed by atoms with Crippen LogP contribution in [0.15, 0.2) is 11.7 Å². The number of hydrogen-bond donors (Lipinski definition) is 2. The Balaban J connectivity index is 1.78. The van der Waals surface area contributed by atoms with Gasteiger partial charge in [-0.1, -0.05) is 6.92 Å². The molecule has 0 aromatic carbocycles. The molecule has 1 aromatic heterocycles. The Morgan fingerprint density at radius 2 is 2.56 bits per heavy atom. The SMILES string of the molecule is CCC1(CNCc2cncs2)CCCNC1. The molecule has 0 radical (unpaired) electrons. The molecule has 3 nitrogen and oxygen atoms in total. The average molecular weight is 239 g/mol. The van der Waals surface area contributed by atoms with Gasteiger partial charge >= 0.3 is 0 Å². The minimum atomic E-state index is 0.475. The fourth-order valence-corrected chi connectivity index (χ4v) is 2.95. The number of piperidine rings is 1. The summed E-state index contributed by atoms with van der Waals surface area (Å²) >= 11 is 1.73. The molecule has 0 spiro atoms. The number of hydrogen-bond acceptors (Lipinski definition) is 4. The first-order valence-electron chi connectivity index (χ1n) is 6.13. The Kier molecular flexibility index (Phi) is 4.32. The van der Waals surface area contributed by atoms with Gasteiger partial charge in [0.1, 0.15) is 0 Å². The molecule has 0 bridgehead atoms. The van der Waals surface area contributed by atoms with Crippen molar-refractivity contribution in [2.24, 2.45) is 5.41 Å². The summed E-state index contributed by atoms with van der Waals surface area (Å²) in [4.78, 5) is 5.42. The van der Waals surface area contributed by atoms with E-state index in [-0.39, 0.29) is 0 Å². The van der Waals surface area contributed by atoms with Gasteiger partial charge in [0.2, 0.25) is 0 Å². The smallest absolute Gasteiger partial charge is 0.0794 e. The standard InChI is InChI=1S/C12H21N3S/c1-2-12(4-3-5-13-8-12)9-14-6-11-7-15-10-16-11/h7,10,13-14H,2-6,8-9H2,1H3. The zero-order valence-corrected chi connectivity index (χ0v) is 10.8. The van der Waals surface area contributed by atoms with E-state index in [1.165, 1.54) is 37.2 Å². The lowest BCUT2D eigenvalue weighted by atomic mass is 9.78. The summed E-state index contributed by atoms with van der Waals surface area (Å²) in [6.45, 7) is 6.75. The number of nitrogens with zero attached hydrogens (tertiary/aromatic N) is 1. The van der Waals surface area contributed by atoms with E-state index in [1.54, 1.807) is 11.3 Å². The molecule has 1 aromatic rings. The summed E-state index contributed by atoms with van der Waals surface area (Å²) in [6, 6.07) is 0. The Morgan fingerprint density at radius 1 is 1.62 bits per heavy atom. The first kappa shape index (κ1) is 12.0. The maximum Gasteiger partial charge on any atom is 0.0794 e. The quantitative estimate of drug-likeness (QED) is 0.825. The lowest BCUT2D eigenvalue weighted by Gasteiger charge is -2.37. The molecular formula is C12H21N3S. The van der Waals surface area contributed by atoms with Gasteiger partial charge in [-0.25, -0.2) is 0 Å². The van der Waals surface area contributed by atoms with Crippen LogP contribution >= 0.6 is 11.3 Å². The Bertz CT molecular complexity index is 291. The van der Waals surface area contributed by atoms with Crippen molar-refractivity contribution < 1.29 is 0 Å². The molecule has 4 heteroatoms. The van der Waals surface area contributed by atoms with Crippen molar-refractivity contribution in [2.75, 3.05) is 19.6 Å². The summed E-state index contributed by atoms with van der Waals surface area (Å²) in [6.07, 6.45) is 5.88. The zero-order chi connectivity index (χ0) is 11.3. The predicted octanol–water partition coefficient (Wildman–Crippen LogP) is 2.01. The molecule has 1 aliphatic heterocycles. The van der Waals surface area contributed by atoms with E-state index in [2.05, 4.69) is 22.5 Å². The molecule has 0 saturated carbocycles. The van der Waals surface area contributed by atoms with E-state index in [9.17, 15) is 0 Å². The Morgan fingerprint density at radius 3 is 3.19 bits per heavy atom. The van der Waals surface area contributed by atoms with E-state index < -0.39 is 0 Å². The Labute approximate surface area is 102 Å². The van der Waals surface area contributed by atoms with Crippen molar-refractivity contribution in [2.45, 2.75) is 32.7 Å². The molecular weight excluding hydrogens is 218 g/mol. The van der Waals surface area contributed by atoms with Gasteiger partial charge in [-0.2, -0.15) is 0 Å². The van der Waals surface area contributed by atoms with Crippen LogP contribution < -0.4 is 10.6 Å². The minimum Gasteiger partial charge on any atom is -0.316 e. The maximum absolute atomic E-state index is 4.09. The van der Waals surface area contributed by atoms with Crippen LogP contribution in [0, 0.1) is 5.41 Å². The largest absolute Gasteiger partial charge is 0.316 e. The van der Waals surface area contributed by atoms with Gasteiger partial charge in [0.15, 0.2) is 0 Å². The molecule has 16 heavy (non-hydrogen) atoms. The number of rotatable bonds is 5. The maximum atomic E-state index is 4.09. The fraction of sp³-hybridized carbons (Fsp3) is 0.750. The molecule has 90 valence electrons. The van der Waals surface area contributed by atoms with Crippen molar-refractivity contribution in [1.82, 2.24) is 15.6 Å². The van der Waals surface area contributed by atoms with E-state index in [0.717, 1.165) is 13.1 Å². The van der Waals surface area contributed by atoms with E-state index in [1.807, 2.05) is 11.7 Å². The molecule has 1 saturated heterocycles. The number of nitrogens with one attached hydrogen (secondary N) is 2. The second-order valence-corrected chi connectivity index (χ2v) is 5.68. The minimum absolute atomic E-state index is 0.475. The number of thiazole rings is 1. The molecule has 1 fully saturated rings. The summed E-state index contributed by atoms with van der Waals surface area (Å²) in [5.74, 6) is 0. The summed E-state index contributed by atoms with van der Waals surface area (Å²) in [5, 5.41) is 7.10. The third kappa shape index (κ3) is 3.03. The summed E-state index contributed by atoms with van der Waals surface area (Å²) in [7, 11) is 0.